The largest absolute Gasteiger partial charge is 0.358 e. The van der Waals surface area contributed by atoms with Crippen molar-refractivity contribution in [1.82, 2.24) is 15.1 Å². The number of benzene rings is 1. The molecule has 0 spiro atoms. The molecule has 1 N–H and O–H groups in total. The van der Waals surface area contributed by atoms with Crippen molar-refractivity contribution in [3.8, 4) is 0 Å². The monoisotopic (exact) mass is 421 g/mol. The van der Waals surface area contributed by atoms with Crippen LogP contribution in [0.5, 0.6) is 0 Å². The molecule has 0 radical (unpaired) electrons. The van der Waals surface area contributed by atoms with Crippen LogP contribution in [-0.2, 0) is 4.79 Å². The Morgan fingerprint density at radius 1 is 1.29 bits per heavy atom. The number of rotatable bonds is 3. The SMILES string of the molecule is CNC(=O)CN1CCN(C(=O)c2ccc(I)c(Cl)c2)CC1. The van der Waals surface area contributed by atoms with Gasteiger partial charge in [-0.05, 0) is 40.8 Å². The van der Waals surface area contributed by atoms with Crippen LogP contribution in [0.25, 0.3) is 0 Å². The van der Waals surface area contributed by atoms with E-state index in [1.54, 1.807) is 24.1 Å². The van der Waals surface area contributed by atoms with E-state index >= 15 is 0 Å². The van der Waals surface area contributed by atoms with Crippen LogP contribution in [0, 0.1) is 3.57 Å². The fraction of sp³-hybridized carbons (Fsp3) is 0.429. The lowest BCUT2D eigenvalue weighted by Gasteiger charge is -2.34. The minimum absolute atomic E-state index is 0.000747. The van der Waals surface area contributed by atoms with Crippen LogP contribution in [0.4, 0.5) is 0 Å². The fourth-order valence-corrected chi connectivity index (χ4v) is 2.72. The second kappa shape index (κ2) is 7.42. The molecule has 5 nitrogen and oxygen atoms in total. The van der Waals surface area contributed by atoms with Gasteiger partial charge in [-0.2, -0.15) is 0 Å². The highest BCUT2D eigenvalue weighted by atomic mass is 127. The minimum atomic E-state index is -0.00658. The Labute approximate surface area is 142 Å². The lowest BCUT2D eigenvalue weighted by atomic mass is 10.2. The number of likely N-dealkylation sites (N-methyl/N-ethyl adjacent to an activating group) is 1. The molecule has 2 rings (SSSR count). The van der Waals surface area contributed by atoms with Crippen LogP contribution in [0.15, 0.2) is 18.2 Å². The smallest absolute Gasteiger partial charge is 0.253 e. The Morgan fingerprint density at radius 3 is 2.52 bits per heavy atom. The van der Waals surface area contributed by atoms with Gasteiger partial charge in [0.2, 0.25) is 5.91 Å². The highest BCUT2D eigenvalue weighted by molar-refractivity contribution is 14.1. The fourth-order valence-electron chi connectivity index (χ4n) is 2.20. The summed E-state index contributed by atoms with van der Waals surface area (Å²) in [6, 6.07) is 5.35. The van der Waals surface area contributed by atoms with Gasteiger partial charge in [-0.15, -0.1) is 0 Å². The highest BCUT2D eigenvalue weighted by Gasteiger charge is 2.23. The van der Waals surface area contributed by atoms with Gasteiger partial charge in [0.15, 0.2) is 0 Å². The van der Waals surface area contributed by atoms with E-state index in [1.165, 1.54) is 0 Å². The number of halogens is 2. The molecule has 0 saturated carbocycles. The van der Waals surface area contributed by atoms with Crippen molar-refractivity contribution in [3.05, 3.63) is 32.4 Å². The molecule has 21 heavy (non-hydrogen) atoms. The lowest BCUT2D eigenvalue weighted by molar-refractivity contribution is -0.122. The molecule has 0 aromatic heterocycles. The van der Waals surface area contributed by atoms with Crippen LogP contribution in [0.3, 0.4) is 0 Å². The highest BCUT2D eigenvalue weighted by Crippen LogP contribution is 2.20. The predicted molar refractivity (Wildman–Crippen MR) is 90.6 cm³/mol. The van der Waals surface area contributed by atoms with E-state index in [9.17, 15) is 9.59 Å². The summed E-state index contributed by atoms with van der Waals surface area (Å²) in [4.78, 5) is 27.6. The predicted octanol–water partition coefficient (Wildman–Crippen LogP) is 1.45. The van der Waals surface area contributed by atoms with Gasteiger partial charge < -0.3 is 10.2 Å². The first-order chi connectivity index (χ1) is 10.0. The maximum atomic E-state index is 12.4. The summed E-state index contributed by atoms with van der Waals surface area (Å²) in [5.74, 6) is -0.00733. The van der Waals surface area contributed by atoms with Crippen molar-refractivity contribution >= 4 is 46.0 Å². The number of nitrogens with one attached hydrogen (secondary N) is 1. The van der Waals surface area contributed by atoms with Crippen molar-refractivity contribution < 1.29 is 9.59 Å². The van der Waals surface area contributed by atoms with Gasteiger partial charge in [0.25, 0.3) is 5.91 Å². The van der Waals surface area contributed by atoms with Gasteiger partial charge in [0, 0.05) is 42.4 Å². The summed E-state index contributed by atoms with van der Waals surface area (Å²) in [5.41, 5.74) is 0.611. The number of amides is 2. The van der Waals surface area contributed by atoms with E-state index in [-0.39, 0.29) is 11.8 Å². The van der Waals surface area contributed by atoms with Crippen molar-refractivity contribution in [2.24, 2.45) is 0 Å². The zero-order valence-corrected chi connectivity index (χ0v) is 14.6. The molecule has 1 aliphatic rings. The molecule has 0 unspecified atom stereocenters. The number of piperazine rings is 1. The van der Waals surface area contributed by atoms with Gasteiger partial charge in [-0.25, -0.2) is 0 Å². The van der Waals surface area contributed by atoms with Crippen LogP contribution >= 0.6 is 34.2 Å². The van der Waals surface area contributed by atoms with Gasteiger partial charge in [-0.1, -0.05) is 11.6 Å². The third-order valence-electron chi connectivity index (χ3n) is 3.47. The van der Waals surface area contributed by atoms with Crippen molar-refractivity contribution in [3.63, 3.8) is 0 Å². The molecule has 0 bridgehead atoms. The molecule has 1 aromatic carbocycles. The first kappa shape index (κ1) is 16.5. The first-order valence-electron chi connectivity index (χ1n) is 6.68. The molecular weight excluding hydrogens is 405 g/mol. The van der Waals surface area contributed by atoms with Crippen molar-refractivity contribution in [1.29, 1.82) is 0 Å². The van der Waals surface area contributed by atoms with Crippen LogP contribution in [0.2, 0.25) is 5.02 Å². The van der Waals surface area contributed by atoms with Gasteiger partial charge >= 0.3 is 0 Å². The molecule has 0 atom stereocenters. The summed E-state index contributed by atoms with van der Waals surface area (Å²) < 4.78 is 0.932. The molecule has 1 saturated heterocycles. The van der Waals surface area contributed by atoms with Crippen molar-refractivity contribution in [2.45, 2.75) is 0 Å². The minimum Gasteiger partial charge on any atom is -0.358 e. The molecule has 2 amide bonds. The number of nitrogens with zero attached hydrogens (tertiary/aromatic N) is 2. The topological polar surface area (TPSA) is 52.7 Å². The molecule has 114 valence electrons. The maximum absolute atomic E-state index is 12.4. The zero-order valence-electron chi connectivity index (χ0n) is 11.7. The third kappa shape index (κ3) is 4.31. The average molecular weight is 422 g/mol. The van der Waals surface area contributed by atoms with E-state index in [0.29, 0.717) is 43.3 Å². The van der Waals surface area contributed by atoms with Crippen molar-refractivity contribution in [2.75, 3.05) is 39.8 Å². The van der Waals surface area contributed by atoms with Crippen LogP contribution in [0.1, 0.15) is 10.4 Å². The average Bonchev–Trinajstić information content (AvgIpc) is 2.50. The van der Waals surface area contributed by atoms with Crippen LogP contribution in [-0.4, -0.2) is 61.4 Å². The van der Waals surface area contributed by atoms with E-state index in [4.69, 9.17) is 11.6 Å². The van der Waals surface area contributed by atoms with Crippen LogP contribution < -0.4 is 5.32 Å². The summed E-state index contributed by atoms with van der Waals surface area (Å²) in [6.45, 7) is 3.04. The van der Waals surface area contributed by atoms with Gasteiger partial charge in [0.05, 0.1) is 11.6 Å². The zero-order chi connectivity index (χ0) is 15.4. The molecular formula is C14H17ClIN3O2. The molecule has 1 aromatic rings. The summed E-state index contributed by atoms with van der Waals surface area (Å²) in [6.07, 6.45) is 0. The molecule has 1 aliphatic heterocycles. The second-order valence-corrected chi connectivity index (χ2v) is 6.44. The maximum Gasteiger partial charge on any atom is 0.253 e. The Morgan fingerprint density at radius 2 is 1.95 bits per heavy atom. The Balaban J connectivity index is 1.93. The standard InChI is InChI=1S/C14H17ClIN3O2/c1-17-13(20)9-18-4-6-19(7-5-18)14(21)10-2-3-12(16)11(15)8-10/h2-3,8H,4-7,9H2,1H3,(H,17,20). The van der Waals surface area contributed by atoms with E-state index < -0.39 is 0 Å². The normalized spacial score (nSPS) is 15.9. The molecule has 0 aliphatic carbocycles. The summed E-state index contributed by atoms with van der Waals surface area (Å²) in [5, 5.41) is 3.20. The van der Waals surface area contributed by atoms with Gasteiger partial charge in [-0.3, -0.25) is 14.5 Å². The van der Waals surface area contributed by atoms with E-state index in [0.717, 1.165) is 3.57 Å². The first-order valence-corrected chi connectivity index (χ1v) is 8.14. The number of carbonyl (C=O) groups excluding carboxylic acids is 2. The number of hydrogen-bond donors (Lipinski definition) is 1. The summed E-state index contributed by atoms with van der Waals surface area (Å²) >= 11 is 8.20. The Hall–Kier alpha value is -0.860. The number of carbonyl (C=O) groups is 2. The Kier molecular flexibility index (Phi) is 5.83. The Bertz CT molecular complexity index is 545. The third-order valence-corrected chi connectivity index (χ3v) is 5.04. The molecule has 1 fully saturated rings. The molecule has 7 heteroatoms. The lowest BCUT2D eigenvalue weighted by Crippen LogP contribution is -2.50. The number of hydrogen-bond acceptors (Lipinski definition) is 3. The summed E-state index contributed by atoms with van der Waals surface area (Å²) in [7, 11) is 1.63. The van der Waals surface area contributed by atoms with Gasteiger partial charge in [0.1, 0.15) is 0 Å². The second-order valence-electron chi connectivity index (χ2n) is 4.87. The molecule has 1 heterocycles. The van der Waals surface area contributed by atoms with E-state index in [1.807, 2.05) is 11.0 Å². The quantitative estimate of drug-likeness (QED) is 0.752. The van der Waals surface area contributed by atoms with E-state index in [2.05, 4.69) is 27.9 Å².